The molecule has 0 aromatic heterocycles. The molecule has 0 aliphatic carbocycles. The lowest BCUT2D eigenvalue weighted by molar-refractivity contribution is 0.304. The number of methoxy groups -OCH3 is 2. The molecule has 1 aromatic rings. The van der Waals surface area contributed by atoms with E-state index in [9.17, 15) is 0 Å². The van der Waals surface area contributed by atoms with E-state index in [1.165, 1.54) is 19.3 Å². The maximum absolute atomic E-state index is 6.28. The number of rotatable bonds is 9. The first-order chi connectivity index (χ1) is 9.62. The van der Waals surface area contributed by atoms with E-state index in [4.69, 9.17) is 15.2 Å². The largest absolute Gasteiger partial charge is 0.493 e. The molecule has 0 aliphatic heterocycles. The zero-order valence-corrected chi connectivity index (χ0v) is 13.2. The molecule has 0 aliphatic rings. The van der Waals surface area contributed by atoms with Crippen LogP contribution < -0.4 is 15.2 Å². The lowest BCUT2D eigenvalue weighted by Crippen LogP contribution is -2.29. The summed E-state index contributed by atoms with van der Waals surface area (Å²) < 4.78 is 10.6. The summed E-state index contributed by atoms with van der Waals surface area (Å²) in [7, 11) is 5.40. The molecule has 0 bridgehead atoms. The van der Waals surface area contributed by atoms with Crippen molar-refractivity contribution in [3.05, 3.63) is 23.8 Å². The summed E-state index contributed by atoms with van der Waals surface area (Å²) in [5, 5.41) is 0. The van der Waals surface area contributed by atoms with Crippen molar-refractivity contribution in [3.8, 4) is 11.5 Å². The van der Waals surface area contributed by atoms with Crippen LogP contribution in [0.3, 0.4) is 0 Å². The van der Waals surface area contributed by atoms with Gasteiger partial charge >= 0.3 is 0 Å². The van der Waals surface area contributed by atoms with Crippen LogP contribution in [0.2, 0.25) is 0 Å². The van der Waals surface area contributed by atoms with Crippen molar-refractivity contribution in [2.45, 2.75) is 32.2 Å². The molecule has 0 amide bonds. The van der Waals surface area contributed by atoms with Crippen LogP contribution in [0.25, 0.3) is 0 Å². The fraction of sp³-hybridized carbons (Fsp3) is 0.625. The Morgan fingerprint density at radius 1 is 1.15 bits per heavy atom. The van der Waals surface area contributed by atoms with E-state index in [1.807, 2.05) is 18.2 Å². The van der Waals surface area contributed by atoms with Gasteiger partial charge in [-0.3, -0.25) is 0 Å². The van der Waals surface area contributed by atoms with Gasteiger partial charge in [-0.15, -0.1) is 0 Å². The van der Waals surface area contributed by atoms with Gasteiger partial charge in [0.2, 0.25) is 0 Å². The third kappa shape index (κ3) is 5.02. The quantitative estimate of drug-likeness (QED) is 0.707. The lowest BCUT2D eigenvalue weighted by Gasteiger charge is -2.22. The van der Waals surface area contributed by atoms with E-state index >= 15 is 0 Å². The molecular weight excluding hydrogens is 252 g/mol. The highest BCUT2D eigenvalue weighted by atomic mass is 16.5. The molecule has 4 nitrogen and oxygen atoms in total. The summed E-state index contributed by atoms with van der Waals surface area (Å²) in [5.41, 5.74) is 7.35. The van der Waals surface area contributed by atoms with Gasteiger partial charge in [0.1, 0.15) is 0 Å². The molecule has 0 saturated heterocycles. The Balaban J connectivity index is 2.60. The molecule has 0 spiro atoms. The van der Waals surface area contributed by atoms with Crippen LogP contribution in [0.5, 0.6) is 11.5 Å². The Kier molecular flexibility index (Phi) is 7.41. The second-order valence-electron chi connectivity index (χ2n) is 5.19. The van der Waals surface area contributed by atoms with Gasteiger partial charge in [-0.05, 0) is 37.7 Å². The minimum absolute atomic E-state index is 0.0126. The molecule has 114 valence electrons. The number of unbranched alkanes of at least 4 members (excludes halogenated alkanes) is 2. The highest BCUT2D eigenvalue weighted by molar-refractivity contribution is 5.43. The van der Waals surface area contributed by atoms with Crippen molar-refractivity contribution >= 4 is 0 Å². The summed E-state index contributed by atoms with van der Waals surface area (Å²) in [6, 6.07) is 5.86. The van der Waals surface area contributed by atoms with E-state index < -0.39 is 0 Å². The third-order valence-corrected chi connectivity index (χ3v) is 3.49. The number of nitrogens with two attached hydrogens (primary N) is 1. The lowest BCUT2D eigenvalue weighted by atomic mass is 10.1. The minimum Gasteiger partial charge on any atom is -0.493 e. The van der Waals surface area contributed by atoms with Crippen LogP contribution in [0, 0.1) is 0 Å². The summed E-state index contributed by atoms with van der Waals surface area (Å²) in [4.78, 5) is 2.29. The zero-order valence-electron chi connectivity index (χ0n) is 13.2. The maximum Gasteiger partial charge on any atom is 0.161 e. The second kappa shape index (κ2) is 8.82. The third-order valence-electron chi connectivity index (χ3n) is 3.49. The second-order valence-corrected chi connectivity index (χ2v) is 5.19. The molecule has 0 saturated carbocycles. The van der Waals surface area contributed by atoms with Crippen molar-refractivity contribution in [1.82, 2.24) is 4.90 Å². The van der Waals surface area contributed by atoms with Crippen LogP contribution in [0.4, 0.5) is 0 Å². The molecule has 20 heavy (non-hydrogen) atoms. The van der Waals surface area contributed by atoms with Gasteiger partial charge in [-0.25, -0.2) is 0 Å². The van der Waals surface area contributed by atoms with Crippen LogP contribution in [-0.2, 0) is 0 Å². The van der Waals surface area contributed by atoms with E-state index in [2.05, 4.69) is 18.9 Å². The van der Waals surface area contributed by atoms with Crippen LogP contribution in [-0.4, -0.2) is 39.3 Å². The maximum atomic E-state index is 6.28. The zero-order chi connectivity index (χ0) is 15.0. The van der Waals surface area contributed by atoms with Gasteiger partial charge in [0.15, 0.2) is 11.5 Å². The van der Waals surface area contributed by atoms with Crippen LogP contribution >= 0.6 is 0 Å². The minimum atomic E-state index is -0.0126. The van der Waals surface area contributed by atoms with Gasteiger partial charge in [0, 0.05) is 12.6 Å². The Hall–Kier alpha value is -1.26. The average Bonchev–Trinajstić information content (AvgIpc) is 2.46. The summed E-state index contributed by atoms with van der Waals surface area (Å²) in [6.45, 7) is 4.16. The molecule has 0 heterocycles. The first-order valence-electron chi connectivity index (χ1n) is 7.28. The fourth-order valence-corrected chi connectivity index (χ4v) is 2.25. The normalized spacial score (nSPS) is 12.5. The highest BCUT2D eigenvalue weighted by Gasteiger charge is 2.12. The molecule has 1 unspecified atom stereocenters. The Morgan fingerprint density at radius 2 is 1.85 bits per heavy atom. The van der Waals surface area contributed by atoms with Crippen molar-refractivity contribution in [2.24, 2.45) is 5.73 Å². The van der Waals surface area contributed by atoms with Crippen molar-refractivity contribution in [3.63, 3.8) is 0 Å². The predicted molar refractivity (Wildman–Crippen MR) is 83.5 cm³/mol. The van der Waals surface area contributed by atoms with Crippen LogP contribution in [0.1, 0.15) is 37.8 Å². The first-order valence-corrected chi connectivity index (χ1v) is 7.28. The molecule has 2 N–H and O–H groups in total. The number of hydrogen-bond acceptors (Lipinski definition) is 4. The van der Waals surface area contributed by atoms with E-state index in [-0.39, 0.29) is 6.04 Å². The number of hydrogen-bond donors (Lipinski definition) is 1. The first kappa shape index (κ1) is 16.8. The number of likely N-dealkylation sites (N-methyl/N-ethyl adjacent to an activating group) is 1. The summed E-state index contributed by atoms with van der Waals surface area (Å²) in [5.74, 6) is 1.47. The summed E-state index contributed by atoms with van der Waals surface area (Å²) in [6.07, 6.45) is 3.75. The SMILES string of the molecule is CCCCCN(C)CC(N)c1ccc(OC)c(OC)c1. The van der Waals surface area contributed by atoms with Gasteiger partial charge in [0.05, 0.1) is 14.2 Å². The van der Waals surface area contributed by atoms with Crippen molar-refractivity contribution in [1.29, 1.82) is 0 Å². The highest BCUT2D eigenvalue weighted by Crippen LogP contribution is 2.29. The standard InChI is InChI=1S/C16H28N2O2/c1-5-6-7-10-18(2)12-14(17)13-8-9-15(19-3)16(11-13)20-4/h8-9,11,14H,5-7,10,12,17H2,1-4H3. The fourth-order valence-electron chi connectivity index (χ4n) is 2.25. The molecule has 4 heteroatoms. The number of benzene rings is 1. The molecule has 1 rings (SSSR count). The Morgan fingerprint density at radius 3 is 2.45 bits per heavy atom. The molecule has 1 aromatic carbocycles. The molecular formula is C16H28N2O2. The van der Waals surface area contributed by atoms with E-state index in [0.29, 0.717) is 0 Å². The number of nitrogens with zero attached hydrogens (tertiary/aromatic N) is 1. The van der Waals surface area contributed by atoms with E-state index in [0.717, 1.165) is 30.2 Å². The van der Waals surface area contributed by atoms with Crippen molar-refractivity contribution in [2.75, 3.05) is 34.4 Å². The topological polar surface area (TPSA) is 47.7 Å². The molecule has 1 atom stereocenters. The Bertz CT molecular complexity index is 396. The van der Waals surface area contributed by atoms with Gasteiger partial charge in [-0.2, -0.15) is 0 Å². The average molecular weight is 280 g/mol. The summed E-state index contributed by atoms with van der Waals surface area (Å²) >= 11 is 0. The monoisotopic (exact) mass is 280 g/mol. The number of ether oxygens (including phenoxy) is 2. The smallest absolute Gasteiger partial charge is 0.161 e. The Labute approximate surface area is 122 Å². The van der Waals surface area contributed by atoms with Crippen molar-refractivity contribution < 1.29 is 9.47 Å². The van der Waals surface area contributed by atoms with Crippen LogP contribution in [0.15, 0.2) is 18.2 Å². The molecule has 0 fully saturated rings. The van der Waals surface area contributed by atoms with Gasteiger partial charge < -0.3 is 20.1 Å². The molecule has 0 radical (unpaired) electrons. The predicted octanol–water partition coefficient (Wildman–Crippen LogP) is 2.83. The van der Waals surface area contributed by atoms with E-state index in [1.54, 1.807) is 14.2 Å². The van der Waals surface area contributed by atoms with Gasteiger partial charge in [0.25, 0.3) is 0 Å². The van der Waals surface area contributed by atoms with Gasteiger partial charge in [-0.1, -0.05) is 25.8 Å².